The van der Waals surface area contributed by atoms with Crippen molar-refractivity contribution >= 4 is 17.3 Å². The molecule has 0 aromatic heterocycles. The number of para-hydroxylation sites is 1. The van der Waals surface area contributed by atoms with Crippen LogP contribution in [0.25, 0.3) is 0 Å². The van der Waals surface area contributed by atoms with Crippen LogP contribution < -0.4 is 10.5 Å². The van der Waals surface area contributed by atoms with E-state index in [2.05, 4.69) is 0 Å². The second-order valence-electron chi connectivity index (χ2n) is 4.76. The first-order valence-corrected chi connectivity index (χ1v) is 6.75. The fourth-order valence-electron chi connectivity index (χ4n) is 1.95. The lowest BCUT2D eigenvalue weighted by atomic mass is 10.1. The van der Waals surface area contributed by atoms with Crippen molar-refractivity contribution in [2.45, 2.75) is 19.9 Å². The molecule has 2 N–H and O–H groups in total. The van der Waals surface area contributed by atoms with Gasteiger partial charge in [0, 0.05) is 11.6 Å². The first-order valence-electron chi connectivity index (χ1n) is 6.37. The average molecular weight is 307 g/mol. The van der Waals surface area contributed by atoms with Gasteiger partial charge in [0.05, 0.1) is 9.95 Å². The summed E-state index contributed by atoms with van der Waals surface area (Å²) in [7, 11) is 0. The monoisotopic (exact) mass is 306 g/mol. The molecule has 1 unspecified atom stereocenters. The van der Waals surface area contributed by atoms with E-state index in [0.29, 0.717) is 16.3 Å². The van der Waals surface area contributed by atoms with E-state index in [1.54, 1.807) is 43.3 Å². The number of rotatable bonds is 4. The molecule has 0 aliphatic carbocycles. The van der Waals surface area contributed by atoms with Gasteiger partial charge in [-0.2, -0.15) is 0 Å². The molecule has 1 atom stereocenters. The summed E-state index contributed by atoms with van der Waals surface area (Å²) in [6.45, 7) is 3.50. The number of aryl methyl sites for hydroxylation is 1. The number of hydrogen-bond donors (Lipinski definition) is 1. The Kier molecular flexibility index (Phi) is 4.45. The third kappa shape index (κ3) is 3.32. The van der Waals surface area contributed by atoms with Crippen molar-refractivity contribution in [3.05, 3.63) is 62.7 Å². The number of ether oxygens (including phenoxy) is 1. The molecule has 0 heterocycles. The molecular weight excluding hydrogens is 292 g/mol. The summed E-state index contributed by atoms with van der Waals surface area (Å²) in [4.78, 5) is 10.7. The second kappa shape index (κ2) is 6.11. The number of nitro groups is 1. The van der Waals surface area contributed by atoms with Crippen LogP contribution in [0.4, 0.5) is 5.69 Å². The third-order valence-electron chi connectivity index (χ3n) is 3.08. The van der Waals surface area contributed by atoms with E-state index >= 15 is 0 Å². The maximum absolute atomic E-state index is 11.1. The van der Waals surface area contributed by atoms with Gasteiger partial charge in [-0.1, -0.05) is 29.8 Å². The summed E-state index contributed by atoms with van der Waals surface area (Å²) < 4.78 is 5.60. The molecule has 0 saturated heterocycles. The number of hydrogen-bond acceptors (Lipinski definition) is 4. The minimum atomic E-state index is -0.463. The lowest BCUT2D eigenvalue weighted by molar-refractivity contribution is -0.386. The van der Waals surface area contributed by atoms with Crippen molar-refractivity contribution in [1.29, 1.82) is 0 Å². The van der Waals surface area contributed by atoms with E-state index in [0.717, 1.165) is 5.56 Å². The molecule has 0 radical (unpaired) electrons. The molecule has 110 valence electrons. The largest absolute Gasteiger partial charge is 0.449 e. The zero-order valence-corrected chi connectivity index (χ0v) is 12.4. The average Bonchev–Trinajstić information content (AvgIpc) is 2.40. The van der Waals surface area contributed by atoms with Crippen molar-refractivity contribution in [2.24, 2.45) is 5.73 Å². The maximum Gasteiger partial charge on any atom is 0.314 e. The molecule has 6 heteroatoms. The van der Waals surface area contributed by atoms with E-state index in [1.807, 2.05) is 6.92 Å². The van der Waals surface area contributed by atoms with Gasteiger partial charge >= 0.3 is 5.69 Å². The zero-order valence-electron chi connectivity index (χ0n) is 11.7. The number of benzene rings is 2. The van der Waals surface area contributed by atoms with Gasteiger partial charge < -0.3 is 10.5 Å². The van der Waals surface area contributed by atoms with Crippen LogP contribution in [0.1, 0.15) is 24.1 Å². The van der Waals surface area contributed by atoms with Gasteiger partial charge in [0.25, 0.3) is 0 Å². The van der Waals surface area contributed by atoms with Crippen LogP contribution in [0.2, 0.25) is 5.02 Å². The van der Waals surface area contributed by atoms with Gasteiger partial charge in [0.1, 0.15) is 5.75 Å². The molecule has 2 aromatic carbocycles. The van der Waals surface area contributed by atoms with Crippen LogP contribution >= 0.6 is 11.6 Å². The van der Waals surface area contributed by atoms with E-state index in [4.69, 9.17) is 22.1 Å². The highest BCUT2D eigenvalue weighted by atomic mass is 35.5. The van der Waals surface area contributed by atoms with Crippen LogP contribution in [-0.2, 0) is 0 Å². The normalized spacial score (nSPS) is 12.0. The number of nitrogens with two attached hydrogens (primary N) is 1. The highest BCUT2D eigenvalue weighted by Crippen LogP contribution is 2.37. The summed E-state index contributed by atoms with van der Waals surface area (Å²) >= 11 is 6.14. The summed E-state index contributed by atoms with van der Waals surface area (Å²) in [5, 5.41) is 11.5. The fourth-order valence-corrected chi connectivity index (χ4v) is 2.18. The predicted molar refractivity (Wildman–Crippen MR) is 82.0 cm³/mol. The minimum Gasteiger partial charge on any atom is -0.449 e. The number of nitrogens with zero attached hydrogens (tertiary/aromatic N) is 1. The Morgan fingerprint density at radius 1 is 1.29 bits per heavy atom. The Morgan fingerprint density at radius 3 is 2.57 bits per heavy atom. The summed E-state index contributed by atoms with van der Waals surface area (Å²) in [5.41, 5.74) is 7.11. The van der Waals surface area contributed by atoms with Gasteiger partial charge in [0.15, 0.2) is 0 Å². The third-order valence-corrected chi connectivity index (χ3v) is 3.38. The molecule has 0 fully saturated rings. The molecule has 21 heavy (non-hydrogen) atoms. The van der Waals surface area contributed by atoms with Crippen LogP contribution in [-0.4, -0.2) is 4.92 Å². The van der Waals surface area contributed by atoms with Crippen molar-refractivity contribution in [1.82, 2.24) is 0 Å². The Labute approximate surface area is 127 Å². The van der Waals surface area contributed by atoms with Crippen molar-refractivity contribution in [3.63, 3.8) is 0 Å². The van der Waals surface area contributed by atoms with Gasteiger partial charge in [-0.05, 0) is 37.6 Å². The van der Waals surface area contributed by atoms with E-state index in [-0.39, 0.29) is 17.5 Å². The van der Waals surface area contributed by atoms with Crippen LogP contribution in [0.15, 0.2) is 36.4 Å². The molecule has 2 rings (SSSR count). The van der Waals surface area contributed by atoms with Crippen LogP contribution in [0, 0.1) is 17.0 Å². The Balaban J connectivity index is 2.39. The first kappa shape index (κ1) is 15.3. The van der Waals surface area contributed by atoms with Gasteiger partial charge in [-0.25, -0.2) is 0 Å². The van der Waals surface area contributed by atoms with Crippen molar-refractivity contribution in [2.75, 3.05) is 0 Å². The van der Waals surface area contributed by atoms with Crippen molar-refractivity contribution in [3.8, 4) is 11.5 Å². The standard InChI is InChI=1S/C15H15ClN2O3/c1-9-4-3-5-14(15(9)18(19)20)21-13-7-6-11(10(2)17)8-12(13)16/h3-8,10H,17H2,1-2H3. The quantitative estimate of drug-likeness (QED) is 0.672. The van der Waals surface area contributed by atoms with Gasteiger partial charge in [-0.3, -0.25) is 10.1 Å². The van der Waals surface area contributed by atoms with Gasteiger partial charge in [-0.15, -0.1) is 0 Å². The topological polar surface area (TPSA) is 78.4 Å². The molecule has 0 aliphatic rings. The van der Waals surface area contributed by atoms with E-state index in [9.17, 15) is 10.1 Å². The molecular formula is C15H15ClN2O3. The summed E-state index contributed by atoms with van der Waals surface area (Å²) in [6.07, 6.45) is 0. The van der Waals surface area contributed by atoms with E-state index < -0.39 is 4.92 Å². The Bertz CT molecular complexity index is 687. The lowest BCUT2D eigenvalue weighted by Gasteiger charge is -2.11. The number of halogens is 1. The number of nitro benzene ring substituents is 1. The van der Waals surface area contributed by atoms with E-state index in [1.165, 1.54) is 0 Å². The minimum absolute atomic E-state index is 0.0650. The predicted octanol–water partition coefficient (Wildman–Crippen LogP) is 4.37. The molecule has 0 bridgehead atoms. The van der Waals surface area contributed by atoms with Crippen molar-refractivity contribution < 1.29 is 9.66 Å². The van der Waals surface area contributed by atoms with Gasteiger partial charge in [0.2, 0.25) is 5.75 Å². The SMILES string of the molecule is Cc1cccc(Oc2ccc(C(C)N)cc2Cl)c1[N+](=O)[O-]. The molecule has 2 aromatic rings. The highest BCUT2D eigenvalue weighted by molar-refractivity contribution is 6.32. The first-order chi connectivity index (χ1) is 9.90. The Morgan fingerprint density at radius 2 is 2.00 bits per heavy atom. The highest BCUT2D eigenvalue weighted by Gasteiger charge is 2.19. The Hall–Kier alpha value is -2.11. The molecule has 0 amide bonds. The fraction of sp³-hybridized carbons (Fsp3) is 0.200. The maximum atomic E-state index is 11.1. The molecule has 0 saturated carbocycles. The zero-order chi connectivity index (χ0) is 15.6. The van der Waals surface area contributed by atoms with Crippen LogP contribution in [0.5, 0.6) is 11.5 Å². The molecule has 0 aliphatic heterocycles. The second-order valence-corrected chi connectivity index (χ2v) is 5.17. The summed E-state index contributed by atoms with van der Waals surface area (Å²) in [5.74, 6) is 0.519. The smallest absolute Gasteiger partial charge is 0.314 e. The van der Waals surface area contributed by atoms with Crippen LogP contribution in [0.3, 0.4) is 0 Å². The summed E-state index contributed by atoms with van der Waals surface area (Å²) in [6, 6.07) is 9.89. The lowest BCUT2D eigenvalue weighted by Crippen LogP contribution is -2.04. The molecule has 0 spiro atoms. The molecule has 5 nitrogen and oxygen atoms in total.